The maximum atomic E-state index is 13.5. The number of aromatic amines is 1. The summed E-state index contributed by atoms with van der Waals surface area (Å²) in [6.07, 6.45) is 1.71. The van der Waals surface area contributed by atoms with Gasteiger partial charge in [0, 0.05) is 17.7 Å². The number of aromatic nitrogens is 4. The molecule has 0 radical (unpaired) electrons. The Morgan fingerprint density at radius 3 is 2.92 bits per heavy atom. The van der Waals surface area contributed by atoms with Crippen LogP contribution in [0.4, 0.5) is 10.1 Å². The summed E-state index contributed by atoms with van der Waals surface area (Å²) >= 11 is 0. The molecule has 7 nitrogen and oxygen atoms in total. The smallest absolute Gasteiger partial charge is 0.277 e. The minimum absolute atomic E-state index is 0.0907. The van der Waals surface area contributed by atoms with Crippen LogP contribution in [-0.4, -0.2) is 25.5 Å². The van der Waals surface area contributed by atoms with E-state index in [-0.39, 0.29) is 30.1 Å². The molecule has 0 atom stereocenters. The lowest BCUT2D eigenvalue weighted by molar-refractivity contribution is -0.116. The Morgan fingerprint density at radius 2 is 2.17 bits per heavy atom. The summed E-state index contributed by atoms with van der Waals surface area (Å²) in [5.74, 6) is -0.386. The molecule has 0 saturated heterocycles. The van der Waals surface area contributed by atoms with Gasteiger partial charge in [-0.15, -0.1) is 0 Å². The maximum Gasteiger partial charge on any atom is 0.277 e. The summed E-state index contributed by atoms with van der Waals surface area (Å²) in [6.45, 7) is 3.36. The molecular weight excluding hydrogens is 313 g/mol. The summed E-state index contributed by atoms with van der Waals surface area (Å²) in [4.78, 5) is 32.5. The van der Waals surface area contributed by atoms with Crippen LogP contribution < -0.4 is 10.9 Å². The Kier molecular flexibility index (Phi) is 4.11. The van der Waals surface area contributed by atoms with E-state index in [1.54, 1.807) is 26.0 Å². The second kappa shape index (κ2) is 6.23. The molecule has 24 heavy (non-hydrogen) atoms. The van der Waals surface area contributed by atoms with Gasteiger partial charge < -0.3 is 5.32 Å². The van der Waals surface area contributed by atoms with Gasteiger partial charge in [-0.3, -0.25) is 14.7 Å². The highest BCUT2D eigenvalue weighted by atomic mass is 19.1. The fourth-order valence-electron chi connectivity index (χ4n) is 2.42. The Hall–Kier alpha value is -3.03. The van der Waals surface area contributed by atoms with Gasteiger partial charge >= 0.3 is 0 Å². The van der Waals surface area contributed by atoms with Crippen molar-refractivity contribution in [3.63, 3.8) is 0 Å². The average molecular weight is 329 g/mol. The molecule has 0 unspecified atom stereocenters. The van der Waals surface area contributed by atoms with E-state index in [1.807, 2.05) is 0 Å². The normalized spacial score (nSPS) is 11.0. The third kappa shape index (κ3) is 3.03. The number of hydrogen-bond acceptors (Lipinski definition) is 4. The standard InChI is InChI=1S/C16H16FN5O2/c1-9-3-4-11(7-13(9)17)21-14(23)6-5-12-10(2)20-16-18-8-19-22(16)15(12)24/h3-4,7-8H,5-6H2,1-2H3,(H,21,23)(H,18,19,20). The van der Waals surface area contributed by atoms with Gasteiger partial charge in [0.15, 0.2) is 0 Å². The molecular formula is C16H16FN5O2. The van der Waals surface area contributed by atoms with Crippen LogP contribution in [0.1, 0.15) is 23.2 Å². The van der Waals surface area contributed by atoms with Crippen LogP contribution in [0, 0.1) is 19.7 Å². The third-order valence-corrected chi connectivity index (χ3v) is 3.79. The quantitative estimate of drug-likeness (QED) is 0.763. The van der Waals surface area contributed by atoms with E-state index < -0.39 is 0 Å². The predicted octanol–water partition coefficient (Wildman–Crippen LogP) is 1.74. The third-order valence-electron chi connectivity index (χ3n) is 3.79. The Bertz CT molecular complexity index is 976. The molecule has 0 aliphatic heterocycles. The first-order valence-electron chi connectivity index (χ1n) is 7.43. The van der Waals surface area contributed by atoms with Crippen LogP contribution in [0.15, 0.2) is 29.3 Å². The Balaban J connectivity index is 1.72. The molecule has 0 spiro atoms. The number of nitrogens with zero attached hydrogens (tertiary/aromatic N) is 3. The first-order valence-corrected chi connectivity index (χ1v) is 7.43. The highest BCUT2D eigenvalue weighted by molar-refractivity contribution is 5.90. The topological polar surface area (TPSA) is 92.2 Å². The van der Waals surface area contributed by atoms with Crippen LogP contribution in [0.5, 0.6) is 0 Å². The zero-order valence-corrected chi connectivity index (χ0v) is 13.3. The highest BCUT2D eigenvalue weighted by Crippen LogP contribution is 2.14. The molecule has 0 bridgehead atoms. The highest BCUT2D eigenvalue weighted by Gasteiger charge is 2.13. The molecule has 1 amide bonds. The molecule has 3 aromatic rings. The van der Waals surface area contributed by atoms with Gasteiger partial charge in [0.25, 0.3) is 11.3 Å². The molecule has 2 N–H and O–H groups in total. The number of amides is 1. The van der Waals surface area contributed by atoms with E-state index in [9.17, 15) is 14.0 Å². The molecule has 3 rings (SSSR count). The van der Waals surface area contributed by atoms with Crippen molar-refractivity contribution in [2.24, 2.45) is 0 Å². The first kappa shape index (κ1) is 15.9. The van der Waals surface area contributed by atoms with Crippen molar-refractivity contribution in [1.82, 2.24) is 19.6 Å². The van der Waals surface area contributed by atoms with E-state index in [0.717, 1.165) is 0 Å². The summed E-state index contributed by atoms with van der Waals surface area (Å²) in [5, 5.41) is 5.31. The summed E-state index contributed by atoms with van der Waals surface area (Å²) in [5.41, 5.74) is 1.61. The molecule has 8 heteroatoms. The number of halogens is 1. The van der Waals surface area contributed by atoms with Crippen molar-refractivity contribution in [3.05, 3.63) is 57.5 Å². The Labute approximate surface area is 136 Å². The summed E-state index contributed by atoms with van der Waals surface area (Å²) in [6, 6.07) is 4.50. The van der Waals surface area contributed by atoms with Crippen molar-refractivity contribution >= 4 is 17.4 Å². The predicted molar refractivity (Wildman–Crippen MR) is 86.4 cm³/mol. The molecule has 2 heterocycles. The number of benzene rings is 1. The Morgan fingerprint density at radius 1 is 1.38 bits per heavy atom. The molecule has 0 fully saturated rings. The summed E-state index contributed by atoms with van der Waals surface area (Å²) in [7, 11) is 0. The number of fused-ring (bicyclic) bond motifs is 1. The number of aryl methyl sites for hydroxylation is 2. The van der Waals surface area contributed by atoms with Gasteiger partial charge in [0.05, 0.1) is 5.69 Å². The zero-order chi connectivity index (χ0) is 17.3. The second-order valence-electron chi connectivity index (χ2n) is 5.52. The van der Waals surface area contributed by atoms with E-state index in [2.05, 4.69) is 20.4 Å². The van der Waals surface area contributed by atoms with Crippen molar-refractivity contribution < 1.29 is 9.18 Å². The number of nitrogens with one attached hydrogen (secondary N) is 2. The van der Waals surface area contributed by atoms with Crippen LogP contribution in [0.2, 0.25) is 0 Å². The van der Waals surface area contributed by atoms with Crippen molar-refractivity contribution in [2.45, 2.75) is 26.7 Å². The van der Waals surface area contributed by atoms with Gasteiger partial charge in [-0.25, -0.2) is 14.4 Å². The second-order valence-corrected chi connectivity index (χ2v) is 5.52. The number of H-pyrrole nitrogens is 1. The van der Waals surface area contributed by atoms with Crippen LogP contribution >= 0.6 is 0 Å². The van der Waals surface area contributed by atoms with Crippen LogP contribution in [0.3, 0.4) is 0 Å². The van der Waals surface area contributed by atoms with Crippen molar-refractivity contribution in [3.8, 4) is 0 Å². The van der Waals surface area contributed by atoms with E-state index in [0.29, 0.717) is 28.3 Å². The SMILES string of the molecule is Cc1ccc(NC(=O)CCc2c(C)nc3nc[nH]n3c2=O)cc1F. The van der Waals surface area contributed by atoms with Gasteiger partial charge in [-0.2, -0.15) is 4.52 Å². The largest absolute Gasteiger partial charge is 0.326 e. The first-order chi connectivity index (χ1) is 11.5. The molecule has 2 aromatic heterocycles. The lowest BCUT2D eigenvalue weighted by Crippen LogP contribution is -2.23. The minimum Gasteiger partial charge on any atom is -0.326 e. The fourth-order valence-corrected chi connectivity index (χ4v) is 2.42. The maximum absolute atomic E-state index is 13.5. The number of rotatable bonds is 4. The van der Waals surface area contributed by atoms with E-state index >= 15 is 0 Å². The van der Waals surface area contributed by atoms with Gasteiger partial charge in [0.1, 0.15) is 12.1 Å². The van der Waals surface area contributed by atoms with E-state index in [4.69, 9.17) is 0 Å². The number of anilines is 1. The lowest BCUT2D eigenvalue weighted by atomic mass is 10.1. The summed E-state index contributed by atoms with van der Waals surface area (Å²) < 4.78 is 14.7. The average Bonchev–Trinajstić information content (AvgIpc) is 2.99. The van der Waals surface area contributed by atoms with E-state index in [1.165, 1.54) is 16.9 Å². The number of hydrogen-bond donors (Lipinski definition) is 2. The van der Waals surface area contributed by atoms with Crippen LogP contribution in [0.25, 0.3) is 5.78 Å². The monoisotopic (exact) mass is 329 g/mol. The molecule has 0 saturated carbocycles. The lowest BCUT2D eigenvalue weighted by Gasteiger charge is -2.07. The van der Waals surface area contributed by atoms with Gasteiger partial charge in [0.2, 0.25) is 5.91 Å². The zero-order valence-electron chi connectivity index (χ0n) is 13.3. The van der Waals surface area contributed by atoms with Gasteiger partial charge in [-0.05, 0) is 38.0 Å². The fraction of sp³-hybridized carbons (Fsp3) is 0.250. The molecule has 0 aliphatic rings. The number of carbonyl (C=O) groups excluding carboxylic acids is 1. The van der Waals surface area contributed by atoms with Crippen molar-refractivity contribution in [1.29, 1.82) is 0 Å². The number of carbonyl (C=O) groups is 1. The minimum atomic E-state index is -0.379. The van der Waals surface area contributed by atoms with Crippen molar-refractivity contribution in [2.75, 3.05) is 5.32 Å². The van der Waals surface area contributed by atoms with Gasteiger partial charge in [-0.1, -0.05) is 6.07 Å². The molecule has 0 aliphatic carbocycles. The molecule has 1 aromatic carbocycles. The molecule has 124 valence electrons. The van der Waals surface area contributed by atoms with Crippen LogP contribution in [-0.2, 0) is 11.2 Å².